The molecule has 0 saturated heterocycles. The van der Waals surface area contributed by atoms with Crippen LogP contribution in [-0.4, -0.2) is 25.1 Å². The quantitative estimate of drug-likeness (QED) is 0.845. The highest BCUT2D eigenvalue weighted by molar-refractivity contribution is 5.05. The van der Waals surface area contributed by atoms with Crippen LogP contribution >= 0.6 is 0 Å². The lowest BCUT2D eigenvalue weighted by atomic mass is 10.1. The highest BCUT2D eigenvalue weighted by Gasteiger charge is 2.13. The van der Waals surface area contributed by atoms with Gasteiger partial charge in [0.2, 0.25) is 0 Å². The van der Waals surface area contributed by atoms with Crippen molar-refractivity contribution in [2.75, 3.05) is 0 Å². The van der Waals surface area contributed by atoms with Gasteiger partial charge in [0, 0.05) is 18.4 Å². The average Bonchev–Trinajstić information content (AvgIpc) is 2.85. The van der Waals surface area contributed by atoms with Crippen LogP contribution in [0.5, 0.6) is 0 Å². The lowest BCUT2D eigenvalue weighted by Crippen LogP contribution is -2.09. The summed E-state index contributed by atoms with van der Waals surface area (Å²) < 4.78 is 1.71. The highest BCUT2D eigenvalue weighted by Crippen LogP contribution is 2.17. The number of hydrogen-bond donors (Lipinski definition) is 1. The van der Waals surface area contributed by atoms with Crippen LogP contribution in [0.4, 0.5) is 0 Å². The molecule has 2 aromatic heterocycles. The Hall–Kier alpha value is -1.75. The molecule has 90 valence electrons. The summed E-state index contributed by atoms with van der Waals surface area (Å²) in [4.78, 5) is 4.23. The minimum absolute atomic E-state index is 0.535. The van der Waals surface area contributed by atoms with Crippen LogP contribution in [0.3, 0.4) is 0 Å². The van der Waals surface area contributed by atoms with E-state index in [0.717, 1.165) is 24.4 Å². The maximum Gasteiger partial charge on any atom is 0.0976 e. The van der Waals surface area contributed by atoms with Crippen molar-refractivity contribution in [3.8, 4) is 0 Å². The van der Waals surface area contributed by atoms with Gasteiger partial charge >= 0.3 is 0 Å². The monoisotopic (exact) mass is 232 g/mol. The second kappa shape index (κ2) is 5.54. The van der Waals surface area contributed by atoms with E-state index in [9.17, 15) is 5.11 Å². The molecule has 5 heteroatoms. The summed E-state index contributed by atoms with van der Waals surface area (Å²) in [5.74, 6) is 0. The predicted octanol–water partition coefficient (Wildman–Crippen LogP) is 1.36. The Kier molecular flexibility index (Phi) is 3.82. The van der Waals surface area contributed by atoms with Crippen LogP contribution in [0, 0.1) is 0 Å². The zero-order chi connectivity index (χ0) is 12.1. The van der Waals surface area contributed by atoms with Gasteiger partial charge in [-0.1, -0.05) is 11.3 Å². The molecule has 0 bridgehead atoms. The van der Waals surface area contributed by atoms with Crippen LogP contribution in [0.25, 0.3) is 0 Å². The summed E-state index contributed by atoms with van der Waals surface area (Å²) >= 11 is 0. The Bertz CT molecular complexity index is 455. The minimum atomic E-state index is -0.535. The van der Waals surface area contributed by atoms with E-state index in [1.165, 1.54) is 0 Å². The smallest absolute Gasteiger partial charge is 0.0976 e. The van der Waals surface area contributed by atoms with Crippen molar-refractivity contribution in [3.05, 3.63) is 42.0 Å². The van der Waals surface area contributed by atoms with E-state index in [1.807, 2.05) is 25.1 Å². The van der Waals surface area contributed by atoms with Gasteiger partial charge in [0.25, 0.3) is 0 Å². The molecule has 1 atom stereocenters. The Labute approximate surface area is 100 Å². The Balaban J connectivity index is 1.96. The predicted molar refractivity (Wildman–Crippen MR) is 63.2 cm³/mol. The largest absolute Gasteiger partial charge is 0.387 e. The molecule has 0 aromatic carbocycles. The van der Waals surface area contributed by atoms with Gasteiger partial charge in [0.1, 0.15) is 0 Å². The highest BCUT2D eigenvalue weighted by atomic mass is 16.3. The number of aryl methyl sites for hydroxylation is 2. The van der Waals surface area contributed by atoms with Crippen molar-refractivity contribution >= 4 is 0 Å². The fourth-order valence-corrected chi connectivity index (χ4v) is 1.75. The molecule has 0 radical (unpaired) electrons. The van der Waals surface area contributed by atoms with Gasteiger partial charge < -0.3 is 5.11 Å². The molecule has 0 spiro atoms. The van der Waals surface area contributed by atoms with Gasteiger partial charge in [-0.2, -0.15) is 0 Å². The van der Waals surface area contributed by atoms with Crippen LogP contribution in [0.1, 0.15) is 30.8 Å². The third-order valence-corrected chi connectivity index (χ3v) is 2.69. The number of aliphatic hydroxyl groups excluding tert-OH is 1. The molecule has 0 aliphatic carbocycles. The second-order valence-corrected chi connectivity index (χ2v) is 3.85. The lowest BCUT2D eigenvalue weighted by Gasteiger charge is -2.10. The van der Waals surface area contributed by atoms with E-state index in [2.05, 4.69) is 15.3 Å². The molecule has 2 heterocycles. The Morgan fingerprint density at radius 2 is 2.29 bits per heavy atom. The molecule has 0 aliphatic rings. The van der Waals surface area contributed by atoms with Crippen molar-refractivity contribution in [1.29, 1.82) is 0 Å². The molecule has 2 rings (SSSR count). The van der Waals surface area contributed by atoms with Gasteiger partial charge in [-0.3, -0.25) is 4.98 Å². The molecule has 17 heavy (non-hydrogen) atoms. The van der Waals surface area contributed by atoms with Crippen LogP contribution < -0.4 is 0 Å². The lowest BCUT2D eigenvalue weighted by molar-refractivity contribution is 0.156. The zero-order valence-electron chi connectivity index (χ0n) is 9.82. The van der Waals surface area contributed by atoms with Crippen molar-refractivity contribution in [2.24, 2.45) is 0 Å². The van der Waals surface area contributed by atoms with Crippen molar-refractivity contribution in [2.45, 2.75) is 32.4 Å². The van der Waals surface area contributed by atoms with E-state index in [1.54, 1.807) is 17.1 Å². The van der Waals surface area contributed by atoms with Gasteiger partial charge in [-0.05, 0) is 31.9 Å². The molecule has 0 aliphatic heterocycles. The summed E-state index contributed by atoms with van der Waals surface area (Å²) in [5, 5.41) is 17.8. The van der Waals surface area contributed by atoms with Gasteiger partial charge in [0.15, 0.2) is 0 Å². The van der Waals surface area contributed by atoms with E-state index >= 15 is 0 Å². The van der Waals surface area contributed by atoms with Crippen LogP contribution in [-0.2, 0) is 13.0 Å². The molecular weight excluding hydrogens is 216 g/mol. The Morgan fingerprint density at radius 3 is 3.00 bits per heavy atom. The van der Waals surface area contributed by atoms with Crippen molar-refractivity contribution in [3.63, 3.8) is 0 Å². The van der Waals surface area contributed by atoms with Crippen LogP contribution in [0.15, 0.2) is 30.6 Å². The average molecular weight is 232 g/mol. The van der Waals surface area contributed by atoms with Crippen molar-refractivity contribution < 1.29 is 5.11 Å². The number of aromatic nitrogens is 4. The third-order valence-electron chi connectivity index (χ3n) is 2.69. The summed E-state index contributed by atoms with van der Waals surface area (Å²) in [6.45, 7) is 2.69. The van der Waals surface area contributed by atoms with Gasteiger partial charge in [-0.15, -0.1) is 5.10 Å². The molecule has 1 N–H and O–H groups in total. The van der Waals surface area contributed by atoms with Crippen LogP contribution in [0.2, 0.25) is 0 Å². The minimum Gasteiger partial charge on any atom is -0.387 e. The molecule has 2 aromatic rings. The first kappa shape index (κ1) is 11.7. The van der Waals surface area contributed by atoms with Gasteiger partial charge in [0.05, 0.1) is 18.0 Å². The molecule has 5 nitrogen and oxygen atoms in total. The maximum absolute atomic E-state index is 10.1. The topological polar surface area (TPSA) is 63.8 Å². The molecule has 0 saturated carbocycles. The Morgan fingerprint density at radius 1 is 1.41 bits per heavy atom. The molecular formula is C12H16N4O. The molecule has 0 fully saturated rings. The number of hydrogen-bond acceptors (Lipinski definition) is 4. The van der Waals surface area contributed by atoms with Gasteiger partial charge in [-0.25, -0.2) is 4.68 Å². The van der Waals surface area contributed by atoms with E-state index in [0.29, 0.717) is 6.42 Å². The number of nitrogens with zero attached hydrogens (tertiary/aromatic N) is 4. The summed E-state index contributed by atoms with van der Waals surface area (Å²) in [6.07, 6.45) is 4.22. The SMILES string of the molecule is CCn1nncc1C(O)CCc1ccccn1. The number of pyridine rings is 1. The second-order valence-electron chi connectivity index (χ2n) is 3.85. The van der Waals surface area contributed by atoms with E-state index in [-0.39, 0.29) is 0 Å². The summed E-state index contributed by atoms with van der Waals surface area (Å²) in [6, 6.07) is 5.80. The van der Waals surface area contributed by atoms with E-state index < -0.39 is 6.10 Å². The standard InChI is InChI=1S/C12H16N4O/c1-2-16-11(9-14-15-16)12(17)7-6-10-5-3-4-8-13-10/h3-5,8-9,12,17H,2,6-7H2,1H3. The first-order valence-corrected chi connectivity index (χ1v) is 5.77. The maximum atomic E-state index is 10.1. The number of rotatable bonds is 5. The fraction of sp³-hybridized carbons (Fsp3) is 0.417. The summed E-state index contributed by atoms with van der Waals surface area (Å²) in [7, 11) is 0. The summed E-state index contributed by atoms with van der Waals surface area (Å²) in [5.41, 5.74) is 1.76. The fourth-order valence-electron chi connectivity index (χ4n) is 1.75. The first-order chi connectivity index (χ1) is 8.31. The normalized spacial score (nSPS) is 12.6. The zero-order valence-corrected chi connectivity index (χ0v) is 9.82. The molecule has 1 unspecified atom stereocenters. The molecule has 0 amide bonds. The van der Waals surface area contributed by atoms with Crippen molar-refractivity contribution in [1.82, 2.24) is 20.0 Å². The number of aliphatic hydroxyl groups is 1. The third kappa shape index (κ3) is 2.88. The van der Waals surface area contributed by atoms with E-state index in [4.69, 9.17) is 0 Å². The first-order valence-electron chi connectivity index (χ1n) is 5.77.